The summed E-state index contributed by atoms with van der Waals surface area (Å²) in [6.07, 6.45) is 5.98. The van der Waals surface area contributed by atoms with Gasteiger partial charge in [0.25, 0.3) is 0 Å². The molecule has 0 bridgehead atoms. The number of nitrogens with zero attached hydrogens (tertiary/aromatic N) is 3. The molecule has 7 heteroatoms. The van der Waals surface area contributed by atoms with Gasteiger partial charge in [-0.05, 0) is 12.1 Å². The number of ketones is 1. The monoisotopic (exact) mass is 331 g/mol. The predicted octanol–water partition coefficient (Wildman–Crippen LogP) is 2.46. The number of rotatable bonds is 5. The molecule has 0 saturated carbocycles. The minimum Gasteiger partial charge on any atom is -0.461 e. The summed E-state index contributed by atoms with van der Waals surface area (Å²) in [7, 11) is 0. The minimum atomic E-state index is 0.0151. The van der Waals surface area contributed by atoms with Gasteiger partial charge in [-0.3, -0.25) is 14.1 Å². The third-order valence-corrected chi connectivity index (χ3v) is 4.85. The highest BCUT2D eigenvalue weighted by molar-refractivity contribution is 7.15. The van der Waals surface area contributed by atoms with Crippen molar-refractivity contribution >= 4 is 22.1 Å². The second-order valence-electron chi connectivity index (χ2n) is 5.63. The summed E-state index contributed by atoms with van der Waals surface area (Å²) < 4.78 is 12.8. The highest BCUT2D eigenvalue weighted by Gasteiger charge is 2.27. The van der Waals surface area contributed by atoms with Crippen LogP contribution in [0.1, 0.15) is 22.7 Å². The van der Waals surface area contributed by atoms with Crippen molar-refractivity contribution in [1.29, 1.82) is 0 Å². The Morgan fingerprint density at radius 2 is 2.43 bits per heavy atom. The van der Waals surface area contributed by atoms with Crippen molar-refractivity contribution in [2.24, 2.45) is 0 Å². The van der Waals surface area contributed by atoms with Crippen molar-refractivity contribution in [3.8, 4) is 0 Å². The first-order chi connectivity index (χ1) is 11.3. The standard InChI is InChI=1S/C16H17N3O3S/c20-14(15-2-1-5-22-15)8-13-11-21-6-3-18(13)9-12-10-19-4-7-23-16(19)17-12/h1-2,4-5,7,10,13H,3,6,8-9,11H2/t13-/m0/s1. The maximum absolute atomic E-state index is 12.3. The molecule has 1 saturated heterocycles. The number of aromatic nitrogens is 2. The lowest BCUT2D eigenvalue weighted by molar-refractivity contribution is -0.0132. The summed E-state index contributed by atoms with van der Waals surface area (Å²) in [5.41, 5.74) is 1.02. The van der Waals surface area contributed by atoms with Crippen molar-refractivity contribution in [3.05, 3.63) is 47.6 Å². The second kappa shape index (κ2) is 6.27. The molecule has 1 atom stereocenters. The van der Waals surface area contributed by atoms with Crippen molar-refractivity contribution in [2.75, 3.05) is 19.8 Å². The zero-order chi connectivity index (χ0) is 15.6. The number of hydrogen-bond acceptors (Lipinski definition) is 6. The number of Topliss-reactive ketones (excluding diaryl/α,β-unsaturated/α-hetero) is 1. The van der Waals surface area contributed by atoms with Gasteiger partial charge in [0, 0.05) is 43.3 Å². The van der Waals surface area contributed by atoms with Crippen LogP contribution in [0.3, 0.4) is 0 Å². The number of carbonyl (C=O) groups excluding carboxylic acids is 1. The Balaban J connectivity index is 1.46. The molecule has 0 amide bonds. The van der Waals surface area contributed by atoms with E-state index >= 15 is 0 Å². The van der Waals surface area contributed by atoms with E-state index in [1.54, 1.807) is 23.5 Å². The summed E-state index contributed by atoms with van der Waals surface area (Å²) in [4.78, 5) is 20.2. The van der Waals surface area contributed by atoms with E-state index in [9.17, 15) is 4.79 Å². The lowest BCUT2D eigenvalue weighted by Crippen LogP contribution is -2.45. The number of hydrogen-bond donors (Lipinski definition) is 0. The number of morpholine rings is 1. The van der Waals surface area contributed by atoms with Crippen LogP contribution in [-0.2, 0) is 11.3 Å². The Hall–Kier alpha value is -1.96. The molecule has 4 rings (SSSR count). The Morgan fingerprint density at radius 3 is 3.26 bits per heavy atom. The highest BCUT2D eigenvalue weighted by Crippen LogP contribution is 2.19. The van der Waals surface area contributed by atoms with Crippen molar-refractivity contribution in [1.82, 2.24) is 14.3 Å². The van der Waals surface area contributed by atoms with E-state index in [0.29, 0.717) is 25.4 Å². The molecule has 0 unspecified atom stereocenters. The molecule has 0 spiro atoms. The summed E-state index contributed by atoms with van der Waals surface area (Å²) in [5.74, 6) is 0.430. The summed E-state index contributed by atoms with van der Waals surface area (Å²) in [6, 6.07) is 3.50. The lowest BCUT2D eigenvalue weighted by atomic mass is 10.1. The van der Waals surface area contributed by atoms with Crippen LogP contribution in [0, 0.1) is 0 Å². The van der Waals surface area contributed by atoms with Crippen molar-refractivity contribution in [2.45, 2.75) is 19.0 Å². The van der Waals surface area contributed by atoms with Gasteiger partial charge in [0.15, 0.2) is 16.5 Å². The van der Waals surface area contributed by atoms with E-state index in [0.717, 1.165) is 23.7 Å². The van der Waals surface area contributed by atoms with Crippen LogP contribution in [0.15, 0.2) is 40.6 Å². The largest absolute Gasteiger partial charge is 0.461 e. The fourth-order valence-electron chi connectivity index (χ4n) is 2.90. The molecule has 4 heterocycles. The molecular formula is C16H17N3O3S. The molecule has 6 nitrogen and oxygen atoms in total. The van der Waals surface area contributed by atoms with E-state index in [4.69, 9.17) is 9.15 Å². The molecule has 23 heavy (non-hydrogen) atoms. The molecule has 3 aromatic rings. The Kier molecular flexibility index (Phi) is 3.99. The smallest absolute Gasteiger partial charge is 0.199 e. The Morgan fingerprint density at radius 1 is 1.48 bits per heavy atom. The van der Waals surface area contributed by atoms with Crippen LogP contribution in [0.25, 0.3) is 4.96 Å². The van der Waals surface area contributed by atoms with Gasteiger partial charge in [-0.25, -0.2) is 4.98 Å². The highest BCUT2D eigenvalue weighted by atomic mass is 32.1. The number of carbonyl (C=O) groups is 1. The Labute approximate surface area is 137 Å². The summed E-state index contributed by atoms with van der Waals surface area (Å²) in [5, 5.41) is 2.02. The molecule has 3 aromatic heterocycles. The first-order valence-electron chi connectivity index (χ1n) is 7.59. The molecule has 120 valence electrons. The molecule has 0 aliphatic carbocycles. The van der Waals surface area contributed by atoms with Crippen LogP contribution in [0.5, 0.6) is 0 Å². The van der Waals surface area contributed by atoms with Gasteiger partial charge in [-0.15, -0.1) is 11.3 Å². The Bertz CT molecular complexity index is 764. The number of fused-ring (bicyclic) bond motifs is 1. The fraction of sp³-hybridized carbons (Fsp3) is 0.375. The quantitative estimate of drug-likeness (QED) is 0.672. The van der Waals surface area contributed by atoms with Crippen LogP contribution < -0.4 is 0 Å². The summed E-state index contributed by atoms with van der Waals surface area (Å²) in [6.45, 7) is 2.79. The average Bonchev–Trinajstić information content (AvgIpc) is 3.25. The van der Waals surface area contributed by atoms with Crippen LogP contribution in [-0.4, -0.2) is 45.9 Å². The predicted molar refractivity (Wildman–Crippen MR) is 85.7 cm³/mol. The second-order valence-corrected chi connectivity index (χ2v) is 6.50. The van der Waals surface area contributed by atoms with Gasteiger partial charge in [-0.2, -0.15) is 0 Å². The van der Waals surface area contributed by atoms with Gasteiger partial charge in [-0.1, -0.05) is 0 Å². The first-order valence-corrected chi connectivity index (χ1v) is 8.47. The zero-order valence-electron chi connectivity index (χ0n) is 12.6. The molecule has 1 aliphatic heterocycles. The van der Waals surface area contributed by atoms with Crippen LogP contribution in [0.2, 0.25) is 0 Å². The van der Waals surface area contributed by atoms with E-state index in [1.165, 1.54) is 6.26 Å². The molecule has 0 N–H and O–H groups in total. The normalized spacial score (nSPS) is 19.4. The van der Waals surface area contributed by atoms with Gasteiger partial charge >= 0.3 is 0 Å². The van der Waals surface area contributed by atoms with Crippen LogP contribution in [0.4, 0.5) is 0 Å². The van der Waals surface area contributed by atoms with E-state index in [2.05, 4.69) is 9.88 Å². The van der Waals surface area contributed by atoms with Crippen molar-refractivity contribution < 1.29 is 13.9 Å². The molecule has 0 aromatic carbocycles. The third-order valence-electron chi connectivity index (χ3n) is 4.07. The molecular weight excluding hydrogens is 314 g/mol. The van der Waals surface area contributed by atoms with Crippen LogP contribution >= 0.6 is 11.3 Å². The van der Waals surface area contributed by atoms with E-state index in [1.807, 2.05) is 22.2 Å². The van der Waals surface area contributed by atoms with Gasteiger partial charge in [0.05, 0.1) is 25.2 Å². The maximum atomic E-state index is 12.3. The third kappa shape index (κ3) is 3.08. The SMILES string of the molecule is O=C(C[C@H]1COCCN1Cc1cn2ccsc2n1)c1ccco1. The number of imidazole rings is 1. The number of thiazole rings is 1. The van der Waals surface area contributed by atoms with Gasteiger partial charge in [0.1, 0.15) is 0 Å². The molecule has 1 fully saturated rings. The maximum Gasteiger partial charge on any atom is 0.199 e. The zero-order valence-corrected chi connectivity index (χ0v) is 13.4. The average molecular weight is 331 g/mol. The van der Waals surface area contributed by atoms with E-state index in [-0.39, 0.29) is 11.8 Å². The topological polar surface area (TPSA) is 60.0 Å². The van der Waals surface area contributed by atoms with Crippen molar-refractivity contribution in [3.63, 3.8) is 0 Å². The minimum absolute atomic E-state index is 0.0151. The first kappa shape index (κ1) is 14.6. The molecule has 1 aliphatic rings. The molecule has 0 radical (unpaired) electrons. The van der Waals surface area contributed by atoms with E-state index < -0.39 is 0 Å². The summed E-state index contributed by atoms with van der Waals surface area (Å²) >= 11 is 1.62. The van der Waals surface area contributed by atoms with Gasteiger partial charge < -0.3 is 9.15 Å². The number of furan rings is 1. The lowest BCUT2D eigenvalue weighted by Gasteiger charge is -2.34. The van der Waals surface area contributed by atoms with Gasteiger partial charge in [0.2, 0.25) is 0 Å². The fourth-order valence-corrected chi connectivity index (χ4v) is 3.62. The number of ether oxygens (including phenoxy) is 1.